The minimum atomic E-state index is -0.877. The summed E-state index contributed by atoms with van der Waals surface area (Å²) in [5.74, 6) is -0.877. The first-order valence-electron chi connectivity index (χ1n) is 8.90. The molecule has 2 aromatic rings. The molecule has 26 heavy (non-hydrogen) atoms. The number of esters is 1. The molecule has 0 spiro atoms. The zero-order chi connectivity index (χ0) is 18.9. The van der Waals surface area contributed by atoms with Crippen LogP contribution in [0.1, 0.15) is 37.5 Å². The molecule has 136 valence electrons. The van der Waals surface area contributed by atoms with Gasteiger partial charge in [0, 0.05) is 11.8 Å². The van der Waals surface area contributed by atoms with Crippen molar-refractivity contribution in [2.24, 2.45) is 0 Å². The Morgan fingerprint density at radius 1 is 1.00 bits per heavy atom. The molecule has 0 aliphatic carbocycles. The smallest absolute Gasteiger partial charge is 0.331 e. The van der Waals surface area contributed by atoms with Gasteiger partial charge in [-0.25, -0.2) is 4.79 Å². The summed E-state index contributed by atoms with van der Waals surface area (Å²) in [4.78, 5) is 24.4. The average Bonchev–Trinajstić information content (AvgIpc) is 2.67. The van der Waals surface area contributed by atoms with Gasteiger partial charge in [0.05, 0.1) is 0 Å². The summed E-state index contributed by atoms with van der Waals surface area (Å²) >= 11 is 0. The highest BCUT2D eigenvalue weighted by Gasteiger charge is 2.19. The number of anilines is 1. The van der Waals surface area contributed by atoms with Crippen LogP contribution in [0.5, 0.6) is 0 Å². The molecule has 0 fully saturated rings. The summed E-state index contributed by atoms with van der Waals surface area (Å²) in [6.07, 6.45) is 3.75. The molecule has 4 heteroatoms. The van der Waals surface area contributed by atoms with Gasteiger partial charge in [-0.3, -0.25) is 4.79 Å². The van der Waals surface area contributed by atoms with E-state index in [2.05, 4.69) is 5.32 Å². The number of hydrogen-bond acceptors (Lipinski definition) is 3. The van der Waals surface area contributed by atoms with Crippen molar-refractivity contribution in [1.82, 2.24) is 0 Å². The Morgan fingerprint density at radius 3 is 2.19 bits per heavy atom. The first kappa shape index (κ1) is 19.4. The zero-order valence-corrected chi connectivity index (χ0v) is 15.5. The Balaban J connectivity index is 2.00. The number of ether oxygens (including phenoxy) is 1. The lowest BCUT2D eigenvalue weighted by Crippen LogP contribution is -2.30. The highest BCUT2D eigenvalue weighted by atomic mass is 16.5. The van der Waals surface area contributed by atoms with Crippen LogP contribution in [0.3, 0.4) is 0 Å². The number of rotatable bonds is 7. The number of carbonyl (C=O) groups excluding carboxylic acids is 2. The molecule has 1 amide bonds. The Labute approximate surface area is 154 Å². The Bertz CT molecular complexity index is 759. The predicted octanol–water partition coefficient (Wildman–Crippen LogP) is 4.40. The molecule has 1 atom stereocenters. The van der Waals surface area contributed by atoms with Crippen molar-refractivity contribution in [2.75, 3.05) is 5.32 Å². The van der Waals surface area contributed by atoms with E-state index in [9.17, 15) is 9.59 Å². The van der Waals surface area contributed by atoms with E-state index in [0.717, 1.165) is 35.2 Å². The van der Waals surface area contributed by atoms with Crippen LogP contribution in [0.25, 0.3) is 6.08 Å². The van der Waals surface area contributed by atoms with Gasteiger partial charge in [-0.05, 0) is 42.5 Å². The molecule has 0 saturated carbocycles. The molecular formula is C22H25NO3. The molecule has 0 aliphatic heterocycles. The van der Waals surface area contributed by atoms with Gasteiger partial charge in [0.15, 0.2) is 6.10 Å². The van der Waals surface area contributed by atoms with Crippen LogP contribution in [0.4, 0.5) is 5.69 Å². The molecular weight excluding hydrogens is 326 g/mol. The van der Waals surface area contributed by atoms with Crippen LogP contribution < -0.4 is 5.32 Å². The third-order valence-electron chi connectivity index (χ3n) is 4.12. The predicted molar refractivity (Wildman–Crippen MR) is 105 cm³/mol. The summed E-state index contributed by atoms with van der Waals surface area (Å²) < 4.78 is 5.22. The third kappa shape index (κ3) is 5.31. The summed E-state index contributed by atoms with van der Waals surface area (Å²) in [7, 11) is 0. The van der Waals surface area contributed by atoms with Crippen molar-refractivity contribution < 1.29 is 14.3 Å². The monoisotopic (exact) mass is 351 g/mol. The van der Waals surface area contributed by atoms with Gasteiger partial charge in [-0.1, -0.05) is 62.4 Å². The van der Waals surface area contributed by atoms with Gasteiger partial charge in [-0.15, -0.1) is 0 Å². The second kappa shape index (κ2) is 9.56. The summed E-state index contributed by atoms with van der Waals surface area (Å²) in [6, 6.07) is 15.4. The normalized spacial score (nSPS) is 12.0. The Hall–Kier alpha value is -2.88. The molecule has 2 rings (SSSR count). The maximum atomic E-state index is 12.4. The minimum Gasteiger partial charge on any atom is -0.449 e. The lowest BCUT2D eigenvalue weighted by atomic mass is 10.0. The first-order valence-corrected chi connectivity index (χ1v) is 8.90. The standard InChI is InChI=1S/C22H25NO3/c1-4-18-12-9-13-19(5-2)21(18)23-22(25)16(3)26-20(24)15-14-17-10-7-6-8-11-17/h6-16H,4-5H2,1-3H3,(H,23,25). The number of benzene rings is 2. The second-order valence-corrected chi connectivity index (χ2v) is 5.97. The van der Waals surface area contributed by atoms with Crippen LogP contribution >= 0.6 is 0 Å². The average molecular weight is 351 g/mol. The van der Waals surface area contributed by atoms with Crippen LogP contribution in [0, 0.1) is 0 Å². The molecule has 0 aliphatic rings. The maximum Gasteiger partial charge on any atom is 0.331 e. The second-order valence-electron chi connectivity index (χ2n) is 5.97. The van der Waals surface area contributed by atoms with Crippen molar-refractivity contribution >= 4 is 23.6 Å². The fourth-order valence-electron chi connectivity index (χ4n) is 2.62. The minimum absolute atomic E-state index is 0.331. The van der Waals surface area contributed by atoms with Crippen LogP contribution in [0.2, 0.25) is 0 Å². The lowest BCUT2D eigenvalue weighted by Gasteiger charge is -2.17. The third-order valence-corrected chi connectivity index (χ3v) is 4.12. The number of nitrogens with one attached hydrogen (secondary N) is 1. The first-order chi connectivity index (χ1) is 12.5. The zero-order valence-electron chi connectivity index (χ0n) is 15.5. The number of para-hydroxylation sites is 1. The van der Waals surface area contributed by atoms with E-state index in [4.69, 9.17) is 4.74 Å². The van der Waals surface area contributed by atoms with E-state index in [-0.39, 0.29) is 5.91 Å². The topological polar surface area (TPSA) is 55.4 Å². The number of hydrogen-bond donors (Lipinski definition) is 1. The Morgan fingerprint density at radius 2 is 1.62 bits per heavy atom. The maximum absolute atomic E-state index is 12.4. The van der Waals surface area contributed by atoms with Crippen molar-refractivity contribution in [3.8, 4) is 0 Å². The largest absolute Gasteiger partial charge is 0.449 e. The lowest BCUT2D eigenvalue weighted by molar-refractivity contribution is -0.148. The number of carbonyl (C=O) groups is 2. The van der Waals surface area contributed by atoms with Gasteiger partial charge in [-0.2, -0.15) is 0 Å². The molecule has 2 aromatic carbocycles. The van der Waals surface area contributed by atoms with Gasteiger partial charge in [0.2, 0.25) is 0 Å². The summed E-state index contributed by atoms with van der Waals surface area (Å²) in [5, 5.41) is 2.92. The Kier molecular flexibility index (Phi) is 7.15. The molecule has 0 radical (unpaired) electrons. The molecule has 1 N–H and O–H groups in total. The number of amides is 1. The van der Waals surface area contributed by atoms with Gasteiger partial charge >= 0.3 is 5.97 Å². The van der Waals surface area contributed by atoms with Crippen molar-refractivity contribution in [2.45, 2.75) is 39.7 Å². The van der Waals surface area contributed by atoms with Gasteiger partial charge < -0.3 is 10.1 Å². The molecule has 4 nitrogen and oxygen atoms in total. The molecule has 0 bridgehead atoms. The molecule has 1 unspecified atom stereocenters. The van der Waals surface area contributed by atoms with E-state index in [0.29, 0.717) is 0 Å². The fourth-order valence-corrected chi connectivity index (χ4v) is 2.62. The van der Waals surface area contributed by atoms with Crippen molar-refractivity contribution in [1.29, 1.82) is 0 Å². The SMILES string of the molecule is CCc1cccc(CC)c1NC(=O)C(C)OC(=O)C=Cc1ccccc1. The van der Waals surface area contributed by atoms with Crippen molar-refractivity contribution in [3.63, 3.8) is 0 Å². The fraction of sp³-hybridized carbons (Fsp3) is 0.273. The van der Waals surface area contributed by atoms with Crippen LogP contribution in [-0.4, -0.2) is 18.0 Å². The quantitative estimate of drug-likeness (QED) is 0.594. The molecule has 0 saturated heterocycles. The van der Waals surface area contributed by atoms with Crippen LogP contribution in [-0.2, 0) is 27.2 Å². The number of aryl methyl sites for hydroxylation is 2. The van der Waals surface area contributed by atoms with E-state index in [1.165, 1.54) is 6.08 Å². The van der Waals surface area contributed by atoms with E-state index < -0.39 is 12.1 Å². The molecule has 0 heterocycles. The molecule has 0 aromatic heterocycles. The van der Waals surface area contributed by atoms with Gasteiger partial charge in [0.25, 0.3) is 5.91 Å². The van der Waals surface area contributed by atoms with Gasteiger partial charge in [0.1, 0.15) is 0 Å². The summed E-state index contributed by atoms with van der Waals surface area (Å²) in [6.45, 7) is 5.66. The van der Waals surface area contributed by atoms with E-state index in [1.807, 2.05) is 62.4 Å². The van der Waals surface area contributed by atoms with E-state index >= 15 is 0 Å². The highest BCUT2D eigenvalue weighted by molar-refractivity contribution is 5.97. The highest BCUT2D eigenvalue weighted by Crippen LogP contribution is 2.23. The van der Waals surface area contributed by atoms with Crippen LogP contribution in [0.15, 0.2) is 54.6 Å². The van der Waals surface area contributed by atoms with Crippen molar-refractivity contribution in [3.05, 3.63) is 71.3 Å². The van der Waals surface area contributed by atoms with E-state index in [1.54, 1.807) is 13.0 Å². The summed E-state index contributed by atoms with van der Waals surface area (Å²) in [5.41, 5.74) is 3.86.